The van der Waals surface area contributed by atoms with Crippen LogP contribution in [0.4, 0.5) is 0 Å². The van der Waals surface area contributed by atoms with E-state index in [1.54, 1.807) is 0 Å². The second-order valence-electron chi connectivity index (χ2n) is 2.31. The summed E-state index contributed by atoms with van der Waals surface area (Å²) in [6.45, 7) is 0. The molecule has 1 aromatic heterocycles. The first-order chi connectivity index (χ1) is 4.36. The van der Waals surface area contributed by atoms with Crippen LogP contribution in [0.15, 0.2) is 0 Å². The summed E-state index contributed by atoms with van der Waals surface area (Å²) in [5.41, 5.74) is 2.40. The summed E-state index contributed by atoms with van der Waals surface area (Å²) < 4.78 is 0. The summed E-state index contributed by atoms with van der Waals surface area (Å²) >= 11 is 5.61. The van der Waals surface area contributed by atoms with E-state index in [2.05, 4.69) is 9.97 Å². The van der Waals surface area contributed by atoms with Crippen molar-refractivity contribution < 1.29 is 0 Å². The van der Waals surface area contributed by atoms with Crippen LogP contribution in [0.3, 0.4) is 0 Å². The highest BCUT2D eigenvalue weighted by molar-refractivity contribution is 6.28. The first-order valence-corrected chi connectivity index (χ1v) is 3.47. The SMILES string of the molecule is Clc1nc2c([nH]1)CCC2. The molecule has 2 rings (SSSR count). The molecule has 0 unspecified atom stereocenters. The number of aromatic nitrogens is 2. The highest BCUT2D eigenvalue weighted by Gasteiger charge is 2.14. The first kappa shape index (κ1) is 5.30. The summed E-state index contributed by atoms with van der Waals surface area (Å²) in [5, 5.41) is 0.541. The Kier molecular flexibility index (Phi) is 1.02. The van der Waals surface area contributed by atoms with Crippen LogP contribution in [-0.2, 0) is 12.8 Å². The fourth-order valence-electron chi connectivity index (χ4n) is 1.26. The Bertz CT molecular complexity index is 207. The van der Waals surface area contributed by atoms with E-state index in [0.717, 1.165) is 12.8 Å². The summed E-state index contributed by atoms with van der Waals surface area (Å²) in [5.74, 6) is 0. The van der Waals surface area contributed by atoms with Gasteiger partial charge in [-0.15, -0.1) is 0 Å². The van der Waals surface area contributed by atoms with E-state index in [0.29, 0.717) is 5.28 Å². The van der Waals surface area contributed by atoms with E-state index in [9.17, 15) is 0 Å². The molecule has 1 N–H and O–H groups in total. The molecule has 3 heteroatoms. The molecule has 0 spiro atoms. The molecule has 0 fully saturated rings. The van der Waals surface area contributed by atoms with Crippen LogP contribution >= 0.6 is 11.6 Å². The Morgan fingerprint density at radius 2 is 2.33 bits per heavy atom. The van der Waals surface area contributed by atoms with Gasteiger partial charge in [0.1, 0.15) is 0 Å². The fraction of sp³-hybridized carbons (Fsp3) is 0.500. The van der Waals surface area contributed by atoms with Crippen LogP contribution in [0.25, 0.3) is 0 Å². The van der Waals surface area contributed by atoms with E-state index in [-0.39, 0.29) is 0 Å². The summed E-state index contributed by atoms with van der Waals surface area (Å²) in [6.07, 6.45) is 3.44. The van der Waals surface area contributed by atoms with Crippen LogP contribution in [0.2, 0.25) is 5.28 Å². The normalized spacial score (nSPS) is 16.1. The summed E-state index contributed by atoms with van der Waals surface area (Å²) in [7, 11) is 0. The number of halogens is 1. The zero-order chi connectivity index (χ0) is 6.27. The maximum absolute atomic E-state index is 5.61. The molecule has 0 bridgehead atoms. The molecule has 0 saturated carbocycles. The van der Waals surface area contributed by atoms with Gasteiger partial charge in [-0.2, -0.15) is 0 Å². The molecule has 9 heavy (non-hydrogen) atoms. The third-order valence-electron chi connectivity index (χ3n) is 1.68. The number of hydrogen-bond donors (Lipinski definition) is 1. The van der Waals surface area contributed by atoms with Crippen molar-refractivity contribution in [1.82, 2.24) is 9.97 Å². The topological polar surface area (TPSA) is 28.7 Å². The number of aromatic amines is 1. The zero-order valence-corrected chi connectivity index (χ0v) is 5.70. The molecular weight excluding hydrogens is 136 g/mol. The van der Waals surface area contributed by atoms with Crippen molar-refractivity contribution in [2.45, 2.75) is 19.3 Å². The van der Waals surface area contributed by atoms with Crippen LogP contribution < -0.4 is 0 Å². The van der Waals surface area contributed by atoms with E-state index in [1.165, 1.54) is 17.8 Å². The van der Waals surface area contributed by atoms with Gasteiger partial charge < -0.3 is 4.98 Å². The molecule has 2 nitrogen and oxygen atoms in total. The Morgan fingerprint density at radius 3 is 3.11 bits per heavy atom. The molecule has 0 atom stereocenters. The lowest BCUT2D eigenvalue weighted by atomic mass is 10.4. The van der Waals surface area contributed by atoms with Crippen molar-refractivity contribution >= 4 is 11.6 Å². The molecule has 1 aromatic rings. The molecule has 48 valence electrons. The highest BCUT2D eigenvalue weighted by Crippen LogP contribution is 2.20. The lowest BCUT2D eigenvalue weighted by molar-refractivity contribution is 0.876. The Balaban J connectivity index is 2.51. The van der Waals surface area contributed by atoms with Gasteiger partial charge in [0.05, 0.1) is 5.69 Å². The average Bonchev–Trinajstić information content (AvgIpc) is 2.22. The van der Waals surface area contributed by atoms with Gasteiger partial charge in [-0.25, -0.2) is 4.98 Å². The lowest BCUT2D eigenvalue weighted by Crippen LogP contribution is -1.75. The highest BCUT2D eigenvalue weighted by atomic mass is 35.5. The maximum atomic E-state index is 5.61. The third kappa shape index (κ3) is 0.741. The van der Waals surface area contributed by atoms with E-state index >= 15 is 0 Å². The Hall–Kier alpha value is -0.500. The molecule has 1 heterocycles. The molecule has 1 aliphatic carbocycles. The molecule has 0 aromatic carbocycles. The maximum Gasteiger partial charge on any atom is 0.200 e. The van der Waals surface area contributed by atoms with Gasteiger partial charge in [0.15, 0.2) is 5.28 Å². The quantitative estimate of drug-likeness (QED) is 0.585. The van der Waals surface area contributed by atoms with Crippen LogP contribution in [0.5, 0.6) is 0 Å². The number of aryl methyl sites for hydroxylation is 2. The molecular formula is C6H7ClN2. The average molecular weight is 143 g/mol. The van der Waals surface area contributed by atoms with Crippen LogP contribution in [0, 0.1) is 0 Å². The predicted molar refractivity (Wildman–Crippen MR) is 35.6 cm³/mol. The second-order valence-corrected chi connectivity index (χ2v) is 2.66. The summed E-state index contributed by atoms with van der Waals surface area (Å²) in [4.78, 5) is 7.11. The van der Waals surface area contributed by atoms with Crippen molar-refractivity contribution in [1.29, 1.82) is 0 Å². The van der Waals surface area contributed by atoms with Gasteiger partial charge in [-0.05, 0) is 30.9 Å². The first-order valence-electron chi connectivity index (χ1n) is 3.09. The molecule has 0 aliphatic heterocycles. The van der Waals surface area contributed by atoms with E-state index in [1.807, 2.05) is 0 Å². The lowest BCUT2D eigenvalue weighted by Gasteiger charge is -1.81. The zero-order valence-electron chi connectivity index (χ0n) is 4.95. The van der Waals surface area contributed by atoms with Crippen molar-refractivity contribution in [2.75, 3.05) is 0 Å². The second kappa shape index (κ2) is 1.74. The standard InChI is InChI=1S/C6H7ClN2/c7-6-8-4-2-1-3-5(4)9-6/h1-3H2,(H,8,9). The number of imidazole rings is 1. The molecule has 0 radical (unpaired) electrons. The number of nitrogens with zero attached hydrogens (tertiary/aromatic N) is 1. The van der Waals surface area contributed by atoms with Gasteiger partial charge >= 0.3 is 0 Å². The monoisotopic (exact) mass is 142 g/mol. The third-order valence-corrected chi connectivity index (χ3v) is 1.85. The van der Waals surface area contributed by atoms with E-state index in [4.69, 9.17) is 11.6 Å². The van der Waals surface area contributed by atoms with E-state index < -0.39 is 0 Å². The predicted octanol–water partition coefficient (Wildman–Crippen LogP) is 1.55. The fourth-order valence-corrected chi connectivity index (χ4v) is 1.47. The van der Waals surface area contributed by atoms with Gasteiger partial charge in [-0.3, -0.25) is 0 Å². The van der Waals surface area contributed by atoms with Crippen molar-refractivity contribution in [3.63, 3.8) is 0 Å². The minimum absolute atomic E-state index is 0.541. The molecule has 1 aliphatic rings. The smallest absolute Gasteiger partial charge is 0.200 e. The number of fused-ring (bicyclic) bond motifs is 1. The van der Waals surface area contributed by atoms with Crippen molar-refractivity contribution in [2.24, 2.45) is 0 Å². The minimum atomic E-state index is 0.541. The Morgan fingerprint density at radius 1 is 1.44 bits per heavy atom. The van der Waals surface area contributed by atoms with Crippen LogP contribution in [0.1, 0.15) is 17.8 Å². The number of nitrogens with one attached hydrogen (secondary N) is 1. The number of rotatable bonds is 0. The number of H-pyrrole nitrogens is 1. The van der Waals surface area contributed by atoms with Gasteiger partial charge in [0.25, 0.3) is 0 Å². The van der Waals surface area contributed by atoms with Crippen LogP contribution in [-0.4, -0.2) is 9.97 Å². The molecule has 0 amide bonds. The van der Waals surface area contributed by atoms with Gasteiger partial charge in [0, 0.05) is 5.69 Å². The Labute approximate surface area is 58.3 Å². The summed E-state index contributed by atoms with van der Waals surface area (Å²) in [6, 6.07) is 0. The van der Waals surface area contributed by atoms with Gasteiger partial charge in [-0.1, -0.05) is 0 Å². The molecule has 0 saturated heterocycles. The number of hydrogen-bond acceptors (Lipinski definition) is 1. The van der Waals surface area contributed by atoms with Gasteiger partial charge in [0.2, 0.25) is 0 Å². The van der Waals surface area contributed by atoms with Crippen molar-refractivity contribution in [3.05, 3.63) is 16.7 Å². The minimum Gasteiger partial charge on any atom is -0.332 e. The largest absolute Gasteiger partial charge is 0.332 e. The van der Waals surface area contributed by atoms with Crippen molar-refractivity contribution in [3.8, 4) is 0 Å².